The van der Waals surface area contributed by atoms with Crippen molar-refractivity contribution in [2.24, 2.45) is 11.8 Å². The molecule has 4 rings (SSSR count). The highest BCUT2D eigenvalue weighted by Gasteiger charge is 2.53. The number of hydrogen-bond donors (Lipinski definition) is 1. The number of anilines is 1. The lowest BCUT2D eigenvalue weighted by atomic mass is 9.72. The Morgan fingerprint density at radius 2 is 1.78 bits per heavy atom. The first-order valence-corrected chi connectivity index (χ1v) is 13.3. The minimum atomic E-state index is -4.35. The number of sulfonamides is 1. The largest absolute Gasteiger partial charge is 0.467 e. The van der Waals surface area contributed by atoms with Crippen molar-refractivity contribution in [2.45, 2.75) is 43.0 Å². The van der Waals surface area contributed by atoms with E-state index >= 15 is 0 Å². The van der Waals surface area contributed by atoms with Crippen molar-refractivity contribution in [1.29, 1.82) is 0 Å². The van der Waals surface area contributed by atoms with Gasteiger partial charge in [0.25, 0.3) is 10.0 Å². The number of carbonyl (C=O) groups excluding carboxylic acids is 3. The quantitative estimate of drug-likeness (QED) is 0.373. The van der Waals surface area contributed by atoms with Gasteiger partial charge in [0, 0.05) is 24.9 Å². The predicted octanol–water partition coefficient (Wildman–Crippen LogP) is 2.28. The van der Waals surface area contributed by atoms with Crippen molar-refractivity contribution < 1.29 is 27.5 Å². The van der Waals surface area contributed by atoms with Gasteiger partial charge in [-0.2, -0.15) is 0 Å². The predicted molar refractivity (Wildman–Crippen MR) is 129 cm³/mol. The zero-order chi connectivity index (χ0) is 25.7. The normalized spacial score (nSPS) is 21.7. The summed E-state index contributed by atoms with van der Waals surface area (Å²) in [5.41, 5.74) is 0. The van der Waals surface area contributed by atoms with Gasteiger partial charge in [0.15, 0.2) is 6.04 Å². The summed E-state index contributed by atoms with van der Waals surface area (Å²) in [6.45, 7) is 0.396. The zero-order valence-corrected chi connectivity index (χ0v) is 20.8. The maximum Gasteiger partial charge on any atom is 0.341 e. The number of urea groups is 1. The van der Waals surface area contributed by atoms with Crippen LogP contribution in [0.4, 0.5) is 10.7 Å². The molecule has 1 aromatic carbocycles. The van der Waals surface area contributed by atoms with E-state index in [0.29, 0.717) is 29.0 Å². The number of imide groups is 1. The van der Waals surface area contributed by atoms with Crippen LogP contribution in [0.25, 0.3) is 0 Å². The Balaban J connectivity index is 1.31. The van der Waals surface area contributed by atoms with Crippen molar-refractivity contribution in [3.8, 4) is 0 Å². The lowest BCUT2D eigenvalue weighted by Crippen LogP contribution is -2.45. The minimum absolute atomic E-state index is 0.140. The summed E-state index contributed by atoms with van der Waals surface area (Å²) < 4.78 is 31.5. The van der Waals surface area contributed by atoms with Gasteiger partial charge in [-0.1, -0.05) is 31.0 Å². The molecule has 1 aromatic heterocycles. The van der Waals surface area contributed by atoms with Crippen molar-refractivity contribution in [1.82, 2.24) is 19.2 Å². The average molecular weight is 516 g/mol. The molecular weight excluding hydrogens is 486 g/mol. The van der Waals surface area contributed by atoms with Gasteiger partial charge < -0.3 is 10.1 Å². The number of carbonyl (C=O) groups is 3. The van der Waals surface area contributed by atoms with Crippen LogP contribution < -0.4 is 5.32 Å². The number of nitrogens with zero attached hydrogens (tertiary/aromatic N) is 4. The molecule has 12 heteroatoms. The molecule has 0 radical (unpaired) electrons. The molecular formula is C24H29N5O6S. The van der Waals surface area contributed by atoms with Gasteiger partial charge in [-0.25, -0.2) is 32.3 Å². The topological polar surface area (TPSA) is 139 Å². The molecule has 36 heavy (non-hydrogen) atoms. The Hall–Kier alpha value is -3.54. The van der Waals surface area contributed by atoms with Gasteiger partial charge >= 0.3 is 12.0 Å². The monoisotopic (exact) mass is 515 g/mol. The van der Waals surface area contributed by atoms with E-state index in [9.17, 15) is 22.8 Å². The van der Waals surface area contributed by atoms with Crippen molar-refractivity contribution in [3.63, 3.8) is 0 Å². The van der Waals surface area contributed by atoms with E-state index in [1.807, 2.05) is 0 Å². The standard InChI is InChI=1S/C24H29N5O6S/c1-35-22(31)20-16-28(24(32)29(20)36(33,34)19-9-3-2-4-10-19)21(30)18-14-17(15-18)8-5-6-11-25-23-26-12-7-13-27-23/h2-4,7,9-10,12-13,17-18,20H,5-6,8,11,14-16H2,1H3,(H,25,26,27). The molecule has 2 fully saturated rings. The van der Waals surface area contributed by atoms with Gasteiger partial charge in [0.2, 0.25) is 11.9 Å². The molecule has 0 spiro atoms. The third kappa shape index (κ3) is 5.32. The number of ether oxygens (including phenoxy) is 1. The molecule has 11 nitrogen and oxygen atoms in total. The fourth-order valence-electron chi connectivity index (χ4n) is 4.59. The molecule has 1 unspecified atom stereocenters. The van der Waals surface area contributed by atoms with E-state index in [1.54, 1.807) is 24.5 Å². The molecule has 2 aromatic rings. The highest BCUT2D eigenvalue weighted by Crippen LogP contribution is 2.39. The van der Waals surface area contributed by atoms with Gasteiger partial charge in [-0.15, -0.1) is 0 Å². The minimum Gasteiger partial charge on any atom is -0.467 e. The summed E-state index contributed by atoms with van der Waals surface area (Å²) in [7, 11) is -3.23. The van der Waals surface area contributed by atoms with Crippen LogP contribution in [-0.2, 0) is 24.3 Å². The molecule has 2 aliphatic rings. The van der Waals surface area contributed by atoms with Gasteiger partial charge in [-0.05, 0) is 43.4 Å². The van der Waals surface area contributed by atoms with Gasteiger partial charge in [0.1, 0.15) is 0 Å². The summed E-state index contributed by atoms with van der Waals surface area (Å²) in [6, 6.07) is 6.66. The Labute approximate surface area is 209 Å². The maximum absolute atomic E-state index is 13.2. The number of hydrogen-bond acceptors (Lipinski definition) is 9. The summed E-state index contributed by atoms with van der Waals surface area (Å²) in [4.78, 5) is 47.5. The average Bonchev–Trinajstić information content (AvgIpc) is 3.23. The Morgan fingerprint density at radius 3 is 2.44 bits per heavy atom. The third-order valence-electron chi connectivity index (χ3n) is 6.57. The van der Waals surface area contributed by atoms with Gasteiger partial charge in [0.05, 0.1) is 18.6 Å². The molecule has 1 aliphatic heterocycles. The highest BCUT2D eigenvalue weighted by atomic mass is 32.2. The molecule has 192 valence electrons. The first-order valence-electron chi connectivity index (χ1n) is 11.9. The molecule has 3 amide bonds. The third-order valence-corrected chi connectivity index (χ3v) is 8.37. The summed E-state index contributed by atoms with van der Waals surface area (Å²) in [5, 5.41) is 3.16. The number of benzene rings is 1. The number of nitrogens with one attached hydrogen (secondary N) is 1. The lowest BCUT2D eigenvalue weighted by Gasteiger charge is -2.36. The molecule has 1 atom stereocenters. The van der Waals surface area contributed by atoms with Crippen LogP contribution in [0, 0.1) is 11.8 Å². The van der Waals surface area contributed by atoms with Crippen LogP contribution in [-0.4, -0.2) is 71.7 Å². The second-order valence-corrected chi connectivity index (χ2v) is 10.7. The van der Waals surface area contributed by atoms with E-state index in [4.69, 9.17) is 4.74 Å². The van der Waals surface area contributed by atoms with Crippen LogP contribution in [0.2, 0.25) is 0 Å². The van der Waals surface area contributed by atoms with Crippen LogP contribution in [0.15, 0.2) is 53.7 Å². The van der Waals surface area contributed by atoms with Crippen molar-refractivity contribution in [3.05, 3.63) is 48.8 Å². The smallest absolute Gasteiger partial charge is 0.341 e. The van der Waals surface area contributed by atoms with Crippen molar-refractivity contribution in [2.75, 3.05) is 25.5 Å². The molecule has 1 aliphatic carbocycles. The highest BCUT2D eigenvalue weighted by molar-refractivity contribution is 7.89. The van der Waals surface area contributed by atoms with Crippen LogP contribution in [0.5, 0.6) is 0 Å². The number of rotatable bonds is 10. The van der Waals surface area contributed by atoms with E-state index < -0.39 is 34.0 Å². The van der Waals surface area contributed by atoms with Crippen LogP contribution >= 0.6 is 0 Å². The van der Waals surface area contributed by atoms with Crippen LogP contribution in [0.3, 0.4) is 0 Å². The number of aromatic nitrogens is 2. The van der Waals surface area contributed by atoms with Crippen LogP contribution in [0.1, 0.15) is 32.1 Å². The Bertz CT molecular complexity index is 1190. The van der Waals surface area contributed by atoms with E-state index in [1.165, 1.54) is 24.3 Å². The number of esters is 1. The SMILES string of the molecule is COC(=O)C1CN(C(=O)C2CC(CCCCNc3ncccn3)C2)C(=O)N1S(=O)(=O)c1ccccc1. The summed E-state index contributed by atoms with van der Waals surface area (Å²) in [5.74, 6) is -0.744. The van der Waals surface area contributed by atoms with E-state index in [-0.39, 0.29) is 17.4 Å². The maximum atomic E-state index is 13.2. The fraction of sp³-hybridized carbons (Fsp3) is 0.458. The summed E-state index contributed by atoms with van der Waals surface area (Å²) in [6.07, 6.45) is 7.48. The number of unbranched alkanes of at least 4 members (excludes halogenated alkanes) is 1. The molecule has 2 heterocycles. The zero-order valence-electron chi connectivity index (χ0n) is 19.9. The molecule has 1 saturated heterocycles. The van der Waals surface area contributed by atoms with Gasteiger partial charge in [-0.3, -0.25) is 9.69 Å². The fourth-order valence-corrected chi connectivity index (χ4v) is 6.11. The van der Waals surface area contributed by atoms with E-state index in [0.717, 1.165) is 37.8 Å². The molecule has 0 bridgehead atoms. The second kappa shape index (κ2) is 11.0. The first-order chi connectivity index (χ1) is 17.3. The second-order valence-electron chi connectivity index (χ2n) is 8.91. The Morgan fingerprint density at radius 1 is 1.08 bits per heavy atom. The lowest BCUT2D eigenvalue weighted by molar-refractivity contribution is -0.144. The Kier molecular flexibility index (Phi) is 7.82. The summed E-state index contributed by atoms with van der Waals surface area (Å²) >= 11 is 0. The number of amides is 3. The molecule has 1 N–H and O–H groups in total. The number of methoxy groups -OCH3 is 1. The molecule has 1 saturated carbocycles. The van der Waals surface area contributed by atoms with E-state index in [2.05, 4.69) is 15.3 Å². The first kappa shape index (κ1) is 25.5. The van der Waals surface area contributed by atoms with Crippen molar-refractivity contribution >= 4 is 33.9 Å².